The van der Waals surface area contributed by atoms with Crippen LogP contribution in [0.2, 0.25) is 0 Å². The zero-order valence-electron chi connectivity index (χ0n) is 12.8. The summed E-state index contributed by atoms with van der Waals surface area (Å²) in [4.78, 5) is 18.4. The van der Waals surface area contributed by atoms with Crippen LogP contribution in [0.5, 0.6) is 5.75 Å². The van der Waals surface area contributed by atoms with Crippen LogP contribution in [0.3, 0.4) is 0 Å². The Morgan fingerprint density at radius 1 is 1.21 bits per heavy atom. The van der Waals surface area contributed by atoms with E-state index in [0.29, 0.717) is 11.1 Å². The smallest absolute Gasteiger partial charge is 0.266 e. The van der Waals surface area contributed by atoms with Gasteiger partial charge in [-0.2, -0.15) is 0 Å². The van der Waals surface area contributed by atoms with Gasteiger partial charge < -0.3 is 10.8 Å². The molecule has 2 aromatic rings. The summed E-state index contributed by atoms with van der Waals surface area (Å²) in [6, 6.07) is 9.64. The van der Waals surface area contributed by atoms with Crippen molar-refractivity contribution < 1.29 is 18.7 Å². The second-order valence-electron chi connectivity index (χ2n) is 5.53. The van der Waals surface area contributed by atoms with E-state index in [1.165, 1.54) is 48.3 Å². The third-order valence-electron chi connectivity index (χ3n) is 4.13. The summed E-state index contributed by atoms with van der Waals surface area (Å²) in [5.74, 6) is -1.12. The van der Waals surface area contributed by atoms with E-state index in [2.05, 4.69) is 4.99 Å². The number of phenols is 1. The Morgan fingerprint density at radius 2 is 1.83 bits per heavy atom. The van der Waals surface area contributed by atoms with Gasteiger partial charge in [0.2, 0.25) is 0 Å². The van der Waals surface area contributed by atoms with E-state index < -0.39 is 23.9 Å². The number of likely N-dealkylation sites (N-methyl/N-ethyl adjacent to an activating group) is 1. The monoisotopic (exact) mass is 331 g/mol. The number of carbonyl (C=O) groups is 1. The summed E-state index contributed by atoms with van der Waals surface area (Å²) in [5, 5.41) is 9.49. The van der Waals surface area contributed by atoms with Crippen LogP contribution >= 0.6 is 0 Å². The number of aromatic hydroxyl groups is 1. The number of phenolic OH excluding ortho intramolecular Hbond substituents is 1. The number of amides is 1. The molecule has 0 saturated carbocycles. The molecule has 7 heteroatoms. The van der Waals surface area contributed by atoms with Gasteiger partial charge >= 0.3 is 0 Å². The summed E-state index contributed by atoms with van der Waals surface area (Å²) >= 11 is 0. The summed E-state index contributed by atoms with van der Waals surface area (Å²) < 4.78 is 26.7. The molecular weight excluding hydrogens is 316 g/mol. The standard InChI is InChI=1S/C17H15F2N3O2/c1-22-15(24)17(21-16(22)20,11-2-5-13(23)6-3-11)12-4-7-14(19)10(8-12)9-18/h2-8,23H,9H2,1H3,(H2,20,21). The summed E-state index contributed by atoms with van der Waals surface area (Å²) in [6.07, 6.45) is 0. The highest BCUT2D eigenvalue weighted by Gasteiger charge is 2.49. The molecule has 0 bridgehead atoms. The van der Waals surface area contributed by atoms with Crippen LogP contribution in [-0.2, 0) is 17.0 Å². The van der Waals surface area contributed by atoms with Gasteiger partial charge in [-0.3, -0.25) is 9.69 Å². The molecule has 1 aliphatic heterocycles. The molecule has 1 amide bonds. The lowest BCUT2D eigenvalue weighted by molar-refractivity contribution is -0.129. The van der Waals surface area contributed by atoms with Crippen molar-refractivity contribution in [3.05, 3.63) is 65.0 Å². The van der Waals surface area contributed by atoms with E-state index in [1.807, 2.05) is 0 Å². The van der Waals surface area contributed by atoms with Crippen molar-refractivity contribution in [2.75, 3.05) is 7.05 Å². The fraction of sp³-hybridized carbons (Fsp3) is 0.176. The van der Waals surface area contributed by atoms with Crippen molar-refractivity contribution in [1.29, 1.82) is 0 Å². The summed E-state index contributed by atoms with van der Waals surface area (Å²) in [5.41, 5.74) is 4.85. The van der Waals surface area contributed by atoms with Crippen LogP contribution in [0.15, 0.2) is 47.5 Å². The number of carbonyl (C=O) groups excluding carboxylic acids is 1. The Hall–Kier alpha value is -2.96. The number of nitrogens with zero attached hydrogens (tertiary/aromatic N) is 2. The molecule has 24 heavy (non-hydrogen) atoms. The molecule has 1 aliphatic rings. The Kier molecular flexibility index (Phi) is 3.71. The van der Waals surface area contributed by atoms with Gasteiger partial charge in [-0.05, 0) is 35.4 Å². The molecule has 124 valence electrons. The maximum Gasteiger partial charge on any atom is 0.266 e. The van der Waals surface area contributed by atoms with Gasteiger partial charge in [-0.15, -0.1) is 0 Å². The van der Waals surface area contributed by atoms with Crippen molar-refractivity contribution >= 4 is 11.9 Å². The van der Waals surface area contributed by atoms with Crippen LogP contribution < -0.4 is 5.73 Å². The second kappa shape index (κ2) is 5.59. The maximum atomic E-state index is 13.7. The van der Waals surface area contributed by atoms with E-state index in [4.69, 9.17) is 5.73 Å². The lowest BCUT2D eigenvalue weighted by Crippen LogP contribution is -2.41. The van der Waals surface area contributed by atoms with Gasteiger partial charge in [0.15, 0.2) is 11.5 Å². The number of hydrogen-bond acceptors (Lipinski definition) is 4. The summed E-state index contributed by atoms with van der Waals surface area (Å²) in [6.45, 7) is -1.01. The first-order valence-electron chi connectivity index (χ1n) is 7.18. The number of alkyl halides is 1. The van der Waals surface area contributed by atoms with Crippen LogP contribution in [0.1, 0.15) is 16.7 Å². The van der Waals surface area contributed by atoms with Crippen LogP contribution in [0, 0.1) is 5.82 Å². The van der Waals surface area contributed by atoms with Crippen molar-refractivity contribution in [1.82, 2.24) is 4.90 Å². The lowest BCUT2D eigenvalue weighted by atomic mass is 9.82. The fourth-order valence-electron chi connectivity index (χ4n) is 2.79. The average molecular weight is 331 g/mol. The van der Waals surface area contributed by atoms with Gasteiger partial charge in [-0.25, -0.2) is 13.8 Å². The summed E-state index contributed by atoms with van der Waals surface area (Å²) in [7, 11) is 1.48. The largest absolute Gasteiger partial charge is 0.508 e. The minimum atomic E-state index is -1.54. The number of nitrogens with two attached hydrogens (primary N) is 1. The van der Waals surface area contributed by atoms with Crippen molar-refractivity contribution in [3.63, 3.8) is 0 Å². The number of hydrogen-bond donors (Lipinski definition) is 2. The molecule has 2 aromatic carbocycles. The molecule has 0 aromatic heterocycles. The number of aliphatic imine (C=N–C) groups is 1. The van der Waals surface area contributed by atoms with E-state index in [1.54, 1.807) is 0 Å². The third kappa shape index (κ3) is 2.20. The van der Waals surface area contributed by atoms with Gasteiger partial charge in [0.05, 0.1) is 0 Å². The molecule has 0 aliphatic carbocycles. The third-order valence-corrected chi connectivity index (χ3v) is 4.13. The minimum absolute atomic E-state index is 0.000742. The molecule has 3 rings (SSSR count). The minimum Gasteiger partial charge on any atom is -0.508 e. The SMILES string of the molecule is CN1C(=O)C(c2ccc(O)cc2)(c2ccc(F)c(CF)c2)N=C1N. The normalized spacial score (nSPS) is 20.4. The predicted molar refractivity (Wildman–Crippen MR) is 84.5 cm³/mol. The highest BCUT2D eigenvalue weighted by molar-refractivity contribution is 6.08. The lowest BCUT2D eigenvalue weighted by Gasteiger charge is -2.26. The number of benzene rings is 2. The molecule has 5 nitrogen and oxygen atoms in total. The van der Waals surface area contributed by atoms with Gasteiger partial charge in [0.25, 0.3) is 5.91 Å². The van der Waals surface area contributed by atoms with Crippen LogP contribution in [0.4, 0.5) is 8.78 Å². The number of rotatable bonds is 3. The molecule has 0 saturated heterocycles. The van der Waals surface area contributed by atoms with E-state index in [-0.39, 0.29) is 17.3 Å². The van der Waals surface area contributed by atoms with Crippen molar-refractivity contribution in [2.45, 2.75) is 12.2 Å². The van der Waals surface area contributed by atoms with Gasteiger partial charge in [-0.1, -0.05) is 18.2 Å². The van der Waals surface area contributed by atoms with Crippen molar-refractivity contribution in [2.24, 2.45) is 10.7 Å². The molecule has 0 fully saturated rings. The van der Waals surface area contributed by atoms with E-state index in [9.17, 15) is 18.7 Å². The van der Waals surface area contributed by atoms with E-state index in [0.717, 1.165) is 6.07 Å². The first kappa shape index (κ1) is 15.9. The first-order chi connectivity index (χ1) is 11.4. The van der Waals surface area contributed by atoms with E-state index >= 15 is 0 Å². The quantitative estimate of drug-likeness (QED) is 0.903. The average Bonchev–Trinajstić information content (AvgIpc) is 2.81. The molecule has 1 heterocycles. The topological polar surface area (TPSA) is 78.9 Å². The molecule has 0 spiro atoms. The highest BCUT2D eigenvalue weighted by atomic mass is 19.1. The zero-order chi connectivity index (χ0) is 17.5. The molecular formula is C17H15F2N3O2. The fourth-order valence-corrected chi connectivity index (χ4v) is 2.79. The second-order valence-corrected chi connectivity index (χ2v) is 5.53. The number of halogens is 2. The zero-order valence-corrected chi connectivity index (χ0v) is 12.8. The molecule has 1 atom stereocenters. The molecule has 1 unspecified atom stereocenters. The van der Waals surface area contributed by atoms with Crippen LogP contribution in [0.25, 0.3) is 0 Å². The Balaban J connectivity index is 2.28. The Bertz CT molecular complexity index is 836. The first-order valence-corrected chi connectivity index (χ1v) is 7.18. The molecule has 3 N–H and O–H groups in total. The predicted octanol–water partition coefficient (Wildman–Crippen LogP) is 2.03. The molecule has 0 radical (unpaired) electrons. The van der Waals surface area contributed by atoms with Crippen molar-refractivity contribution in [3.8, 4) is 5.75 Å². The highest BCUT2D eigenvalue weighted by Crippen LogP contribution is 2.40. The number of guanidine groups is 1. The maximum absolute atomic E-state index is 13.7. The van der Waals surface area contributed by atoms with Gasteiger partial charge in [0, 0.05) is 12.6 Å². The Morgan fingerprint density at radius 3 is 2.38 bits per heavy atom. The van der Waals surface area contributed by atoms with Crippen LogP contribution in [-0.4, -0.2) is 28.9 Å². The Labute approximate surface area is 137 Å². The van der Waals surface area contributed by atoms with Gasteiger partial charge in [0.1, 0.15) is 18.2 Å².